The third-order valence-corrected chi connectivity index (χ3v) is 4.21. The number of nitrogens with two attached hydrogens (primary N) is 1. The first-order valence-electron chi connectivity index (χ1n) is 5.71. The molecule has 0 unspecified atom stereocenters. The standard InChI is InChI=1S/C13H19NOS/c1-15-11-6-5-10(9-12(11)16-2)13(14)7-3-4-8-13/h5-6,9H,3-4,7-8,14H2,1-2H3. The van der Waals surface area contributed by atoms with Crippen molar-refractivity contribution in [3.8, 4) is 5.75 Å². The van der Waals surface area contributed by atoms with Crippen LogP contribution in [0.3, 0.4) is 0 Å². The summed E-state index contributed by atoms with van der Waals surface area (Å²) in [6.45, 7) is 0. The van der Waals surface area contributed by atoms with Crippen LogP contribution in [0, 0.1) is 0 Å². The van der Waals surface area contributed by atoms with Gasteiger partial charge in [0.2, 0.25) is 0 Å². The van der Waals surface area contributed by atoms with Crippen LogP contribution >= 0.6 is 11.8 Å². The molecule has 1 fully saturated rings. The summed E-state index contributed by atoms with van der Waals surface area (Å²) in [5, 5.41) is 0. The maximum atomic E-state index is 6.45. The van der Waals surface area contributed by atoms with Gasteiger partial charge < -0.3 is 10.5 Å². The molecule has 2 rings (SSSR count). The first kappa shape index (κ1) is 11.8. The summed E-state index contributed by atoms with van der Waals surface area (Å²) in [5.41, 5.74) is 7.60. The Kier molecular flexibility index (Phi) is 3.45. The largest absolute Gasteiger partial charge is 0.496 e. The highest BCUT2D eigenvalue weighted by Gasteiger charge is 2.31. The average molecular weight is 237 g/mol. The molecule has 0 heterocycles. The summed E-state index contributed by atoms with van der Waals surface area (Å²) < 4.78 is 5.33. The molecule has 0 atom stereocenters. The lowest BCUT2D eigenvalue weighted by atomic mass is 9.89. The van der Waals surface area contributed by atoms with Crippen molar-refractivity contribution in [1.82, 2.24) is 0 Å². The summed E-state index contributed by atoms with van der Waals surface area (Å²) in [4.78, 5) is 1.18. The lowest BCUT2D eigenvalue weighted by molar-refractivity contribution is 0.402. The molecule has 0 amide bonds. The van der Waals surface area contributed by atoms with Crippen molar-refractivity contribution in [1.29, 1.82) is 0 Å². The molecule has 0 saturated heterocycles. The minimum atomic E-state index is -0.100. The van der Waals surface area contributed by atoms with Crippen molar-refractivity contribution in [3.63, 3.8) is 0 Å². The first-order valence-corrected chi connectivity index (χ1v) is 6.93. The van der Waals surface area contributed by atoms with Crippen LogP contribution in [-0.2, 0) is 5.54 Å². The molecule has 2 N–H and O–H groups in total. The Balaban J connectivity index is 2.35. The van der Waals surface area contributed by atoms with Crippen LogP contribution in [0.1, 0.15) is 31.2 Å². The highest BCUT2D eigenvalue weighted by molar-refractivity contribution is 7.98. The summed E-state index contributed by atoms with van der Waals surface area (Å²) in [6, 6.07) is 6.34. The van der Waals surface area contributed by atoms with E-state index in [1.54, 1.807) is 18.9 Å². The fraction of sp³-hybridized carbons (Fsp3) is 0.538. The molecule has 1 aliphatic carbocycles. The Morgan fingerprint density at radius 3 is 2.56 bits per heavy atom. The zero-order valence-corrected chi connectivity index (χ0v) is 10.8. The summed E-state index contributed by atoms with van der Waals surface area (Å²) in [6.07, 6.45) is 6.77. The quantitative estimate of drug-likeness (QED) is 0.820. The van der Waals surface area contributed by atoms with E-state index in [-0.39, 0.29) is 5.54 Å². The van der Waals surface area contributed by atoms with Gasteiger partial charge in [-0.25, -0.2) is 0 Å². The molecule has 1 aromatic carbocycles. The van der Waals surface area contributed by atoms with Gasteiger partial charge in [-0.2, -0.15) is 0 Å². The lowest BCUT2D eigenvalue weighted by Gasteiger charge is -2.25. The maximum Gasteiger partial charge on any atom is 0.132 e. The smallest absolute Gasteiger partial charge is 0.132 e. The Morgan fingerprint density at radius 2 is 2.00 bits per heavy atom. The minimum Gasteiger partial charge on any atom is -0.496 e. The van der Waals surface area contributed by atoms with Crippen LogP contribution < -0.4 is 10.5 Å². The van der Waals surface area contributed by atoms with Gasteiger partial charge in [-0.3, -0.25) is 0 Å². The molecular formula is C13H19NOS. The zero-order valence-electron chi connectivity index (χ0n) is 9.95. The third-order valence-electron chi connectivity index (χ3n) is 3.45. The van der Waals surface area contributed by atoms with Crippen molar-refractivity contribution in [2.45, 2.75) is 36.1 Å². The van der Waals surface area contributed by atoms with E-state index in [1.807, 2.05) is 6.07 Å². The van der Waals surface area contributed by atoms with E-state index >= 15 is 0 Å². The molecule has 0 radical (unpaired) electrons. The topological polar surface area (TPSA) is 35.2 Å². The van der Waals surface area contributed by atoms with E-state index in [2.05, 4.69) is 18.4 Å². The van der Waals surface area contributed by atoms with Crippen LogP contribution in [0.25, 0.3) is 0 Å². The summed E-state index contributed by atoms with van der Waals surface area (Å²) in [5.74, 6) is 0.942. The second-order valence-electron chi connectivity index (χ2n) is 4.43. The molecule has 3 heteroatoms. The Labute approximate surface area is 102 Å². The van der Waals surface area contributed by atoms with Gasteiger partial charge in [-0.15, -0.1) is 11.8 Å². The third kappa shape index (κ3) is 2.06. The number of thioether (sulfide) groups is 1. The highest BCUT2D eigenvalue weighted by atomic mass is 32.2. The molecule has 0 aromatic heterocycles. The molecule has 0 bridgehead atoms. The highest BCUT2D eigenvalue weighted by Crippen LogP contribution is 2.39. The van der Waals surface area contributed by atoms with E-state index in [0.29, 0.717) is 0 Å². The number of ether oxygens (including phenoxy) is 1. The second kappa shape index (κ2) is 4.68. The number of benzene rings is 1. The SMILES string of the molecule is COc1ccc(C2(N)CCCC2)cc1SC. The Hall–Kier alpha value is -0.670. The van der Waals surface area contributed by atoms with Crippen molar-refractivity contribution >= 4 is 11.8 Å². The van der Waals surface area contributed by atoms with E-state index in [9.17, 15) is 0 Å². The molecule has 1 aliphatic rings. The number of hydrogen-bond acceptors (Lipinski definition) is 3. The predicted octanol–water partition coefficient (Wildman–Crippen LogP) is 3.15. The number of methoxy groups -OCH3 is 1. The normalized spacial score (nSPS) is 18.7. The van der Waals surface area contributed by atoms with Gasteiger partial charge in [0.25, 0.3) is 0 Å². The maximum absolute atomic E-state index is 6.45. The van der Waals surface area contributed by atoms with Gasteiger partial charge in [0.05, 0.1) is 7.11 Å². The fourth-order valence-electron chi connectivity index (χ4n) is 2.44. The fourth-order valence-corrected chi connectivity index (χ4v) is 3.04. The molecular weight excluding hydrogens is 218 g/mol. The lowest BCUT2D eigenvalue weighted by Crippen LogP contribution is -2.33. The van der Waals surface area contributed by atoms with Gasteiger partial charge in [0.15, 0.2) is 0 Å². The van der Waals surface area contributed by atoms with Crippen LogP contribution in [-0.4, -0.2) is 13.4 Å². The first-order chi connectivity index (χ1) is 7.69. The second-order valence-corrected chi connectivity index (χ2v) is 5.28. The van der Waals surface area contributed by atoms with Crippen LogP contribution in [0.2, 0.25) is 0 Å². The van der Waals surface area contributed by atoms with Crippen molar-refractivity contribution in [2.24, 2.45) is 5.73 Å². The van der Waals surface area contributed by atoms with E-state index in [4.69, 9.17) is 10.5 Å². The van der Waals surface area contributed by atoms with Gasteiger partial charge in [0, 0.05) is 10.4 Å². The molecule has 1 saturated carbocycles. The van der Waals surface area contributed by atoms with E-state index in [1.165, 1.54) is 23.3 Å². The van der Waals surface area contributed by atoms with E-state index in [0.717, 1.165) is 18.6 Å². The van der Waals surface area contributed by atoms with Gasteiger partial charge in [0.1, 0.15) is 5.75 Å². The van der Waals surface area contributed by atoms with Crippen molar-refractivity contribution < 1.29 is 4.74 Å². The van der Waals surface area contributed by atoms with Crippen molar-refractivity contribution in [2.75, 3.05) is 13.4 Å². The molecule has 2 nitrogen and oxygen atoms in total. The summed E-state index contributed by atoms with van der Waals surface area (Å²) in [7, 11) is 1.71. The Morgan fingerprint density at radius 1 is 1.31 bits per heavy atom. The van der Waals surface area contributed by atoms with Gasteiger partial charge >= 0.3 is 0 Å². The minimum absolute atomic E-state index is 0.100. The number of rotatable bonds is 3. The zero-order chi connectivity index (χ0) is 11.6. The Bertz CT molecular complexity index is 372. The van der Waals surface area contributed by atoms with Crippen molar-refractivity contribution in [3.05, 3.63) is 23.8 Å². The molecule has 88 valence electrons. The molecule has 0 spiro atoms. The molecule has 16 heavy (non-hydrogen) atoms. The van der Waals surface area contributed by atoms with Crippen LogP contribution in [0.15, 0.2) is 23.1 Å². The molecule has 0 aliphatic heterocycles. The predicted molar refractivity (Wildman–Crippen MR) is 69.1 cm³/mol. The van der Waals surface area contributed by atoms with E-state index < -0.39 is 0 Å². The average Bonchev–Trinajstić information content (AvgIpc) is 2.76. The molecule has 1 aromatic rings. The van der Waals surface area contributed by atoms with Gasteiger partial charge in [-0.05, 0) is 36.8 Å². The number of hydrogen-bond donors (Lipinski definition) is 1. The monoisotopic (exact) mass is 237 g/mol. The summed E-state index contributed by atoms with van der Waals surface area (Å²) >= 11 is 1.71. The van der Waals surface area contributed by atoms with Crippen LogP contribution in [0.4, 0.5) is 0 Å². The van der Waals surface area contributed by atoms with Gasteiger partial charge in [-0.1, -0.05) is 18.9 Å². The van der Waals surface area contributed by atoms with Crippen LogP contribution in [0.5, 0.6) is 5.75 Å².